The van der Waals surface area contributed by atoms with Gasteiger partial charge >= 0.3 is 0 Å². The molecular weight excluding hydrogens is 258 g/mol. The molecule has 0 saturated heterocycles. The molecule has 1 amide bonds. The predicted molar refractivity (Wildman–Crippen MR) is 76.0 cm³/mol. The lowest BCUT2D eigenvalue weighted by atomic mass is 10.1. The van der Waals surface area contributed by atoms with Gasteiger partial charge in [-0.3, -0.25) is 9.20 Å². The van der Waals surface area contributed by atoms with E-state index in [1.807, 2.05) is 46.3 Å². The van der Waals surface area contributed by atoms with E-state index >= 15 is 0 Å². The van der Waals surface area contributed by atoms with Crippen LogP contribution in [0.4, 0.5) is 5.69 Å². The van der Waals surface area contributed by atoms with Crippen molar-refractivity contribution in [2.45, 2.75) is 0 Å². The molecule has 0 saturated carbocycles. The molecule has 4 rings (SSSR count). The van der Waals surface area contributed by atoms with Crippen molar-refractivity contribution in [3.05, 3.63) is 53.3 Å². The molecule has 0 atom stereocenters. The summed E-state index contributed by atoms with van der Waals surface area (Å²) in [6.45, 7) is 0. The largest absolute Gasteiger partial charge is 0.321 e. The molecule has 1 aromatic carbocycles. The number of thiazole rings is 1. The van der Waals surface area contributed by atoms with Crippen molar-refractivity contribution in [3.63, 3.8) is 0 Å². The Kier molecular flexibility index (Phi) is 2.10. The number of fused-ring (bicyclic) bond motifs is 2. The Hall–Kier alpha value is -2.40. The third-order valence-electron chi connectivity index (χ3n) is 3.18. The van der Waals surface area contributed by atoms with E-state index in [4.69, 9.17) is 0 Å². The van der Waals surface area contributed by atoms with Gasteiger partial charge in [-0.25, -0.2) is 4.98 Å². The molecule has 0 fully saturated rings. The molecule has 1 aliphatic rings. The first-order valence-corrected chi connectivity index (χ1v) is 6.74. The number of nitrogens with one attached hydrogen (secondary N) is 1. The quantitative estimate of drug-likeness (QED) is 0.689. The lowest BCUT2D eigenvalue weighted by molar-refractivity contribution is -0.110. The van der Waals surface area contributed by atoms with Crippen LogP contribution in [-0.4, -0.2) is 15.3 Å². The zero-order chi connectivity index (χ0) is 12.8. The maximum absolute atomic E-state index is 12.0. The first-order chi connectivity index (χ1) is 9.33. The zero-order valence-corrected chi connectivity index (χ0v) is 10.6. The molecule has 1 N–H and O–H groups in total. The van der Waals surface area contributed by atoms with Crippen molar-refractivity contribution in [2.24, 2.45) is 0 Å². The van der Waals surface area contributed by atoms with Crippen molar-refractivity contribution in [1.82, 2.24) is 9.38 Å². The highest BCUT2D eigenvalue weighted by atomic mass is 32.1. The molecule has 19 heavy (non-hydrogen) atoms. The molecule has 3 aromatic rings. The fourth-order valence-corrected chi connectivity index (χ4v) is 2.98. The Labute approximate surface area is 113 Å². The van der Waals surface area contributed by atoms with E-state index in [0.29, 0.717) is 5.57 Å². The number of amides is 1. The number of carbonyl (C=O) groups is 1. The molecule has 0 aliphatic carbocycles. The van der Waals surface area contributed by atoms with Crippen molar-refractivity contribution in [1.29, 1.82) is 0 Å². The molecule has 0 unspecified atom stereocenters. The van der Waals surface area contributed by atoms with Gasteiger partial charge in [0.25, 0.3) is 5.91 Å². The molecule has 0 radical (unpaired) electrons. The summed E-state index contributed by atoms with van der Waals surface area (Å²) in [5.41, 5.74) is 3.41. The van der Waals surface area contributed by atoms with Crippen LogP contribution in [0.1, 0.15) is 11.3 Å². The number of benzene rings is 1. The van der Waals surface area contributed by atoms with E-state index in [2.05, 4.69) is 10.3 Å². The standard InChI is InChI=1S/C14H9N3OS/c18-13-11(10-3-1-2-4-12(10)16-13)7-9-8-15-14-17(9)5-6-19-14/h1-8H,(H,16,18)/b11-7-. The van der Waals surface area contributed by atoms with E-state index in [1.165, 1.54) is 0 Å². The summed E-state index contributed by atoms with van der Waals surface area (Å²) in [6.07, 6.45) is 5.62. The summed E-state index contributed by atoms with van der Waals surface area (Å²) in [4.78, 5) is 17.3. The topological polar surface area (TPSA) is 46.4 Å². The first kappa shape index (κ1) is 10.5. The molecular formula is C14H9N3OS. The Bertz CT molecular complexity index is 828. The van der Waals surface area contributed by atoms with Gasteiger partial charge in [-0.05, 0) is 12.1 Å². The van der Waals surface area contributed by atoms with E-state index in [1.54, 1.807) is 17.5 Å². The smallest absolute Gasteiger partial charge is 0.256 e. The molecule has 2 aromatic heterocycles. The van der Waals surface area contributed by atoms with Crippen LogP contribution in [0.2, 0.25) is 0 Å². The molecule has 4 nitrogen and oxygen atoms in total. The zero-order valence-electron chi connectivity index (χ0n) is 9.83. The first-order valence-electron chi connectivity index (χ1n) is 5.86. The maximum atomic E-state index is 12.0. The average molecular weight is 267 g/mol. The predicted octanol–water partition coefficient (Wildman–Crippen LogP) is 2.89. The van der Waals surface area contributed by atoms with Crippen molar-refractivity contribution in [3.8, 4) is 0 Å². The highest BCUT2D eigenvalue weighted by Crippen LogP contribution is 2.32. The molecule has 5 heteroatoms. The summed E-state index contributed by atoms with van der Waals surface area (Å²) < 4.78 is 1.98. The number of anilines is 1. The molecule has 92 valence electrons. The number of hydrogen-bond acceptors (Lipinski definition) is 3. The minimum Gasteiger partial charge on any atom is -0.321 e. The number of para-hydroxylation sites is 1. The van der Waals surface area contributed by atoms with Crippen molar-refractivity contribution in [2.75, 3.05) is 5.32 Å². The second-order valence-corrected chi connectivity index (χ2v) is 5.17. The van der Waals surface area contributed by atoms with Crippen molar-refractivity contribution < 1.29 is 4.79 Å². The number of aromatic nitrogens is 2. The van der Waals surface area contributed by atoms with E-state index in [-0.39, 0.29) is 5.91 Å². The van der Waals surface area contributed by atoms with Crippen LogP contribution in [0.5, 0.6) is 0 Å². The van der Waals surface area contributed by atoms with Crippen LogP contribution in [0.25, 0.3) is 16.6 Å². The molecule has 0 spiro atoms. The highest BCUT2D eigenvalue weighted by molar-refractivity contribution is 7.15. The van der Waals surface area contributed by atoms with E-state index in [0.717, 1.165) is 21.9 Å². The van der Waals surface area contributed by atoms with E-state index < -0.39 is 0 Å². The van der Waals surface area contributed by atoms with Crippen LogP contribution >= 0.6 is 11.3 Å². The Morgan fingerprint density at radius 3 is 3.16 bits per heavy atom. The van der Waals surface area contributed by atoms with Gasteiger partial charge in [0.05, 0.1) is 17.5 Å². The van der Waals surface area contributed by atoms with Crippen LogP contribution in [-0.2, 0) is 4.79 Å². The number of rotatable bonds is 1. The SMILES string of the molecule is O=C1Nc2ccccc2/C1=C/c1cnc2sccn12. The maximum Gasteiger partial charge on any atom is 0.256 e. The van der Waals surface area contributed by atoms with Crippen molar-refractivity contribution >= 4 is 39.5 Å². The summed E-state index contributed by atoms with van der Waals surface area (Å²) >= 11 is 1.57. The summed E-state index contributed by atoms with van der Waals surface area (Å²) in [5.74, 6) is -0.0635. The van der Waals surface area contributed by atoms with Gasteiger partial charge in [-0.2, -0.15) is 0 Å². The summed E-state index contributed by atoms with van der Waals surface area (Å²) in [7, 11) is 0. The van der Waals surface area contributed by atoms with Gasteiger partial charge in [-0.1, -0.05) is 18.2 Å². The normalized spacial score (nSPS) is 16.0. The lowest BCUT2D eigenvalue weighted by Crippen LogP contribution is -2.03. The fraction of sp³-hybridized carbons (Fsp3) is 0. The second kappa shape index (κ2) is 3.80. The highest BCUT2D eigenvalue weighted by Gasteiger charge is 2.23. The van der Waals surface area contributed by atoms with Gasteiger partial charge in [0.2, 0.25) is 0 Å². The monoisotopic (exact) mass is 267 g/mol. The number of carbonyl (C=O) groups excluding carboxylic acids is 1. The number of hydrogen-bond donors (Lipinski definition) is 1. The fourth-order valence-electron chi connectivity index (χ4n) is 2.28. The van der Waals surface area contributed by atoms with Gasteiger partial charge in [0.15, 0.2) is 4.96 Å². The Morgan fingerprint density at radius 1 is 1.32 bits per heavy atom. The van der Waals surface area contributed by atoms with Crippen LogP contribution in [0.15, 0.2) is 42.0 Å². The van der Waals surface area contributed by atoms with Crippen LogP contribution in [0.3, 0.4) is 0 Å². The molecule has 3 heterocycles. The molecule has 1 aliphatic heterocycles. The molecule has 0 bridgehead atoms. The lowest BCUT2D eigenvalue weighted by Gasteiger charge is -1.97. The average Bonchev–Trinajstić information content (AvgIpc) is 3.07. The van der Waals surface area contributed by atoms with Gasteiger partial charge in [-0.15, -0.1) is 11.3 Å². The van der Waals surface area contributed by atoms with Gasteiger partial charge in [0, 0.05) is 22.8 Å². The Balaban J connectivity index is 1.91. The Morgan fingerprint density at radius 2 is 2.21 bits per heavy atom. The second-order valence-electron chi connectivity index (χ2n) is 4.30. The van der Waals surface area contributed by atoms with Crippen LogP contribution < -0.4 is 5.32 Å². The third-order valence-corrected chi connectivity index (χ3v) is 3.95. The summed E-state index contributed by atoms with van der Waals surface area (Å²) in [6, 6.07) is 7.71. The number of imidazole rings is 1. The minimum atomic E-state index is -0.0635. The minimum absolute atomic E-state index is 0.0635. The van der Waals surface area contributed by atoms with Gasteiger partial charge < -0.3 is 5.32 Å². The number of nitrogens with zero attached hydrogens (tertiary/aromatic N) is 2. The van der Waals surface area contributed by atoms with Gasteiger partial charge in [0.1, 0.15) is 0 Å². The third kappa shape index (κ3) is 1.52. The van der Waals surface area contributed by atoms with Crippen LogP contribution in [0, 0.1) is 0 Å². The van der Waals surface area contributed by atoms with E-state index in [9.17, 15) is 4.79 Å². The summed E-state index contributed by atoms with van der Waals surface area (Å²) in [5, 5.41) is 4.85.